The minimum absolute atomic E-state index is 0.740. The first kappa shape index (κ1) is 17.9. The number of anilines is 1. The summed E-state index contributed by atoms with van der Waals surface area (Å²) in [5, 5.41) is 5.87. The maximum Gasteiger partial charge on any atom is 0.126 e. The summed E-state index contributed by atoms with van der Waals surface area (Å²) in [5.74, 6) is 1.69. The molecule has 27 heavy (non-hydrogen) atoms. The van der Waals surface area contributed by atoms with E-state index in [1.807, 2.05) is 6.20 Å². The van der Waals surface area contributed by atoms with Gasteiger partial charge in [-0.15, -0.1) is 0 Å². The van der Waals surface area contributed by atoms with E-state index in [9.17, 15) is 0 Å². The van der Waals surface area contributed by atoms with Crippen molar-refractivity contribution in [2.45, 2.75) is 31.7 Å². The standard InChI is InChI=1S/C22H27N5/c1-27(2)20-7-3-16(4-8-20)13-25-22-12-19-11-17(5-6-18(19)14-26-22)21-15-23-9-10-24-21/h5-6,9-12,14-16,20H,3-4,7-8,13H2,1-2H3,(H,25,26). The molecular formula is C22H27N5. The molecule has 0 saturated heterocycles. The van der Waals surface area contributed by atoms with E-state index in [0.717, 1.165) is 41.0 Å². The zero-order chi connectivity index (χ0) is 18.6. The predicted octanol–water partition coefficient (Wildman–Crippen LogP) is 4.22. The molecule has 1 aromatic carbocycles. The van der Waals surface area contributed by atoms with Crippen LogP contribution in [0.3, 0.4) is 0 Å². The first-order valence-electron chi connectivity index (χ1n) is 9.75. The Hall–Kier alpha value is -2.53. The Morgan fingerprint density at radius 2 is 1.81 bits per heavy atom. The fraction of sp³-hybridized carbons (Fsp3) is 0.409. The van der Waals surface area contributed by atoms with Gasteiger partial charge in [0, 0.05) is 42.1 Å². The van der Waals surface area contributed by atoms with Crippen LogP contribution in [-0.2, 0) is 0 Å². The van der Waals surface area contributed by atoms with E-state index in [4.69, 9.17) is 0 Å². The second-order valence-electron chi connectivity index (χ2n) is 7.74. The minimum atomic E-state index is 0.740. The van der Waals surface area contributed by atoms with Crippen LogP contribution in [0, 0.1) is 5.92 Å². The zero-order valence-corrected chi connectivity index (χ0v) is 16.1. The summed E-state index contributed by atoms with van der Waals surface area (Å²) >= 11 is 0. The van der Waals surface area contributed by atoms with Crippen LogP contribution in [0.25, 0.3) is 22.0 Å². The fourth-order valence-electron chi connectivity index (χ4n) is 3.96. The number of nitrogens with zero attached hydrogens (tertiary/aromatic N) is 4. The fourth-order valence-corrected chi connectivity index (χ4v) is 3.96. The van der Waals surface area contributed by atoms with Crippen molar-refractivity contribution in [2.75, 3.05) is 26.0 Å². The minimum Gasteiger partial charge on any atom is -0.370 e. The van der Waals surface area contributed by atoms with Gasteiger partial charge in [0.2, 0.25) is 0 Å². The van der Waals surface area contributed by atoms with Crippen LogP contribution >= 0.6 is 0 Å². The van der Waals surface area contributed by atoms with Crippen molar-refractivity contribution >= 4 is 16.6 Å². The molecule has 0 amide bonds. The van der Waals surface area contributed by atoms with Crippen LogP contribution in [0.5, 0.6) is 0 Å². The zero-order valence-electron chi connectivity index (χ0n) is 16.1. The van der Waals surface area contributed by atoms with E-state index in [2.05, 4.69) is 63.5 Å². The largest absolute Gasteiger partial charge is 0.370 e. The second-order valence-corrected chi connectivity index (χ2v) is 7.74. The second kappa shape index (κ2) is 8.01. The maximum absolute atomic E-state index is 4.59. The summed E-state index contributed by atoms with van der Waals surface area (Å²) in [6, 6.07) is 9.22. The van der Waals surface area contributed by atoms with Crippen molar-refractivity contribution in [3.63, 3.8) is 0 Å². The highest BCUT2D eigenvalue weighted by Gasteiger charge is 2.22. The van der Waals surface area contributed by atoms with Gasteiger partial charge in [0.05, 0.1) is 11.9 Å². The molecule has 2 heterocycles. The molecule has 0 bridgehead atoms. The van der Waals surface area contributed by atoms with E-state index in [-0.39, 0.29) is 0 Å². The molecular weight excluding hydrogens is 334 g/mol. The highest BCUT2D eigenvalue weighted by molar-refractivity contribution is 5.87. The summed E-state index contributed by atoms with van der Waals surface area (Å²) < 4.78 is 0. The van der Waals surface area contributed by atoms with Gasteiger partial charge in [0.1, 0.15) is 5.82 Å². The Labute approximate surface area is 160 Å². The first-order chi connectivity index (χ1) is 13.2. The highest BCUT2D eigenvalue weighted by Crippen LogP contribution is 2.27. The number of pyridine rings is 1. The van der Waals surface area contributed by atoms with Crippen LogP contribution in [0.1, 0.15) is 25.7 Å². The van der Waals surface area contributed by atoms with Crippen molar-refractivity contribution in [3.8, 4) is 11.3 Å². The predicted molar refractivity (Wildman–Crippen MR) is 111 cm³/mol. The summed E-state index contributed by atoms with van der Waals surface area (Å²) in [6.07, 6.45) is 12.3. The van der Waals surface area contributed by atoms with Gasteiger partial charge >= 0.3 is 0 Å². The van der Waals surface area contributed by atoms with E-state index in [1.54, 1.807) is 18.6 Å². The lowest BCUT2D eigenvalue weighted by atomic mass is 9.85. The molecule has 5 nitrogen and oxygen atoms in total. The molecule has 0 aliphatic heterocycles. The van der Waals surface area contributed by atoms with Crippen LogP contribution in [0.4, 0.5) is 5.82 Å². The number of nitrogens with one attached hydrogen (secondary N) is 1. The first-order valence-corrected chi connectivity index (χ1v) is 9.75. The van der Waals surface area contributed by atoms with E-state index < -0.39 is 0 Å². The molecule has 3 aromatic rings. The van der Waals surface area contributed by atoms with Crippen LogP contribution in [0.2, 0.25) is 0 Å². The lowest BCUT2D eigenvalue weighted by Crippen LogP contribution is -2.33. The Kier molecular flexibility index (Phi) is 5.30. The molecule has 0 radical (unpaired) electrons. The molecule has 1 aliphatic carbocycles. The molecule has 2 aromatic heterocycles. The van der Waals surface area contributed by atoms with Crippen molar-refractivity contribution in [2.24, 2.45) is 5.92 Å². The highest BCUT2D eigenvalue weighted by atomic mass is 15.1. The van der Waals surface area contributed by atoms with Crippen LogP contribution < -0.4 is 5.32 Å². The van der Waals surface area contributed by atoms with Gasteiger partial charge in [-0.1, -0.05) is 12.1 Å². The van der Waals surface area contributed by atoms with Gasteiger partial charge in [-0.2, -0.15) is 0 Å². The van der Waals surface area contributed by atoms with Crippen LogP contribution in [0.15, 0.2) is 49.1 Å². The third-order valence-electron chi connectivity index (χ3n) is 5.70. The Balaban J connectivity index is 1.44. The summed E-state index contributed by atoms with van der Waals surface area (Å²) in [4.78, 5) is 15.5. The third kappa shape index (κ3) is 4.25. The lowest BCUT2D eigenvalue weighted by Gasteiger charge is -2.32. The maximum atomic E-state index is 4.59. The van der Waals surface area contributed by atoms with Crippen molar-refractivity contribution in [3.05, 3.63) is 49.1 Å². The number of hydrogen-bond acceptors (Lipinski definition) is 5. The van der Waals surface area contributed by atoms with Gasteiger partial charge < -0.3 is 10.2 Å². The number of fused-ring (bicyclic) bond motifs is 1. The smallest absolute Gasteiger partial charge is 0.126 e. The molecule has 140 valence electrons. The summed E-state index contributed by atoms with van der Waals surface area (Å²) in [5.41, 5.74) is 1.97. The van der Waals surface area contributed by atoms with Crippen molar-refractivity contribution < 1.29 is 0 Å². The SMILES string of the molecule is CN(C)C1CCC(CNc2cc3cc(-c4cnccn4)ccc3cn2)CC1. The average molecular weight is 361 g/mol. The molecule has 5 heteroatoms. The van der Waals surface area contributed by atoms with Gasteiger partial charge in [0.25, 0.3) is 0 Å². The number of hydrogen-bond donors (Lipinski definition) is 1. The molecule has 1 fully saturated rings. The monoisotopic (exact) mass is 361 g/mol. The molecule has 1 saturated carbocycles. The molecule has 1 N–H and O–H groups in total. The lowest BCUT2D eigenvalue weighted by molar-refractivity contribution is 0.198. The molecule has 0 spiro atoms. The summed E-state index contributed by atoms with van der Waals surface area (Å²) in [7, 11) is 4.38. The van der Waals surface area contributed by atoms with E-state index in [1.165, 1.54) is 31.1 Å². The van der Waals surface area contributed by atoms with E-state index in [0.29, 0.717) is 0 Å². The Morgan fingerprint density at radius 1 is 0.963 bits per heavy atom. The third-order valence-corrected chi connectivity index (χ3v) is 5.70. The normalized spacial score (nSPS) is 20.1. The number of rotatable bonds is 5. The average Bonchev–Trinajstić information content (AvgIpc) is 2.72. The molecule has 0 unspecified atom stereocenters. The quantitative estimate of drug-likeness (QED) is 0.737. The van der Waals surface area contributed by atoms with Gasteiger partial charge in [-0.05, 0) is 63.2 Å². The molecule has 4 rings (SSSR count). The topological polar surface area (TPSA) is 53.9 Å². The Bertz CT molecular complexity index is 886. The Morgan fingerprint density at radius 3 is 2.56 bits per heavy atom. The van der Waals surface area contributed by atoms with Crippen molar-refractivity contribution in [1.29, 1.82) is 0 Å². The van der Waals surface area contributed by atoms with E-state index >= 15 is 0 Å². The number of benzene rings is 1. The molecule has 0 atom stereocenters. The van der Waals surface area contributed by atoms with Gasteiger partial charge in [0.15, 0.2) is 0 Å². The van der Waals surface area contributed by atoms with Crippen molar-refractivity contribution in [1.82, 2.24) is 19.9 Å². The van der Waals surface area contributed by atoms with Gasteiger partial charge in [-0.3, -0.25) is 9.97 Å². The van der Waals surface area contributed by atoms with Crippen LogP contribution in [-0.4, -0.2) is 46.5 Å². The number of aromatic nitrogens is 3. The van der Waals surface area contributed by atoms with Gasteiger partial charge in [-0.25, -0.2) is 4.98 Å². The summed E-state index contributed by atoms with van der Waals surface area (Å²) in [6.45, 7) is 1.00. The molecule has 1 aliphatic rings.